The van der Waals surface area contributed by atoms with E-state index in [4.69, 9.17) is 14.3 Å². The zero-order chi connectivity index (χ0) is 16.8. The van der Waals surface area contributed by atoms with Gasteiger partial charge in [0.1, 0.15) is 5.76 Å². The van der Waals surface area contributed by atoms with Gasteiger partial charge in [-0.05, 0) is 38.4 Å². The maximum absolute atomic E-state index is 11.5. The molecule has 2 rings (SSSR count). The van der Waals surface area contributed by atoms with Gasteiger partial charge < -0.3 is 19.6 Å². The van der Waals surface area contributed by atoms with Gasteiger partial charge in [-0.3, -0.25) is 9.69 Å². The van der Waals surface area contributed by atoms with Crippen LogP contribution in [0.25, 0.3) is 0 Å². The Morgan fingerprint density at radius 3 is 2.74 bits per heavy atom. The van der Waals surface area contributed by atoms with E-state index in [0.717, 1.165) is 19.4 Å². The molecule has 1 aromatic heterocycles. The van der Waals surface area contributed by atoms with Crippen LogP contribution in [-0.2, 0) is 16.1 Å². The fourth-order valence-electron chi connectivity index (χ4n) is 2.76. The molecule has 0 atom stereocenters. The first-order chi connectivity index (χ1) is 11.0. The number of ether oxygens (including phenoxy) is 1. The molecule has 23 heavy (non-hydrogen) atoms. The number of hydrogen-bond donors (Lipinski definition) is 2. The molecule has 1 heterocycles. The number of furan rings is 1. The Morgan fingerprint density at radius 1 is 1.39 bits per heavy atom. The summed E-state index contributed by atoms with van der Waals surface area (Å²) < 4.78 is 10.3. The number of esters is 1. The van der Waals surface area contributed by atoms with Crippen LogP contribution in [0.3, 0.4) is 0 Å². The molecule has 0 spiro atoms. The zero-order valence-electron chi connectivity index (χ0n) is 13.6. The minimum atomic E-state index is -0.787. The van der Waals surface area contributed by atoms with Crippen LogP contribution in [0.15, 0.2) is 16.5 Å². The number of aliphatic carboxylic acids is 1. The second kappa shape index (κ2) is 8.12. The molecule has 128 valence electrons. The maximum atomic E-state index is 11.5. The highest BCUT2D eigenvalue weighted by Crippen LogP contribution is 2.26. The first kappa shape index (κ1) is 17.5. The SMILES string of the molecule is CCOC(=O)c1ccc(CNC2CC(N(CC)CC(=O)O)C2)o1. The number of likely N-dealkylation sites (N-methyl/N-ethyl adjacent to an activating group) is 1. The summed E-state index contributed by atoms with van der Waals surface area (Å²) >= 11 is 0. The molecular weight excluding hydrogens is 300 g/mol. The average molecular weight is 324 g/mol. The number of nitrogens with zero attached hydrogens (tertiary/aromatic N) is 1. The van der Waals surface area contributed by atoms with Crippen molar-refractivity contribution < 1.29 is 23.8 Å². The lowest BCUT2D eigenvalue weighted by molar-refractivity contribution is -0.139. The van der Waals surface area contributed by atoms with Crippen molar-refractivity contribution in [2.24, 2.45) is 0 Å². The summed E-state index contributed by atoms with van der Waals surface area (Å²) in [5.74, 6) is -0.330. The Morgan fingerprint density at radius 2 is 2.13 bits per heavy atom. The lowest BCUT2D eigenvalue weighted by atomic mass is 9.85. The molecule has 1 fully saturated rings. The number of nitrogens with one attached hydrogen (secondary N) is 1. The van der Waals surface area contributed by atoms with Crippen molar-refractivity contribution in [2.45, 2.75) is 45.3 Å². The third kappa shape index (κ3) is 4.80. The Bertz CT molecular complexity index is 536. The third-order valence-electron chi connectivity index (χ3n) is 4.08. The summed E-state index contributed by atoms with van der Waals surface area (Å²) in [6, 6.07) is 4.04. The number of rotatable bonds is 9. The summed E-state index contributed by atoms with van der Waals surface area (Å²) in [6.07, 6.45) is 1.85. The average Bonchev–Trinajstić information content (AvgIpc) is 2.93. The lowest BCUT2D eigenvalue weighted by Crippen LogP contribution is -2.53. The van der Waals surface area contributed by atoms with Crippen LogP contribution in [-0.4, -0.2) is 53.7 Å². The quantitative estimate of drug-likeness (QED) is 0.665. The monoisotopic (exact) mass is 324 g/mol. The molecule has 7 nitrogen and oxygen atoms in total. The van der Waals surface area contributed by atoms with Gasteiger partial charge in [0.25, 0.3) is 0 Å². The van der Waals surface area contributed by atoms with E-state index in [-0.39, 0.29) is 12.3 Å². The van der Waals surface area contributed by atoms with Crippen molar-refractivity contribution in [1.29, 1.82) is 0 Å². The zero-order valence-corrected chi connectivity index (χ0v) is 13.6. The highest BCUT2D eigenvalue weighted by molar-refractivity contribution is 5.86. The lowest BCUT2D eigenvalue weighted by Gasteiger charge is -2.42. The summed E-state index contributed by atoms with van der Waals surface area (Å²) in [6.45, 7) is 5.42. The van der Waals surface area contributed by atoms with Gasteiger partial charge in [0, 0.05) is 12.1 Å². The smallest absolute Gasteiger partial charge is 0.374 e. The van der Waals surface area contributed by atoms with Crippen LogP contribution in [0.5, 0.6) is 0 Å². The summed E-state index contributed by atoms with van der Waals surface area (Å²) in [5, 5.41) is 12.2. The largest absolute Gasteiger partial charge is 0.480 e. The molecule has 1 aliphatic rings. The van der Waals surface area contributed by atoms with Crippen LogP contribution in [0.2, 0.25) is 0 Å². The topological polar surface area (TPSA) is 92.0 Å². The summed E-state index contributed by atoms with van der Waals surface area (Å²) in [4.78, 5) is 24.3. The first-order valence-corrected chi connectivity index (χ1v) is 7.98. The molecule has 0 amide bonds. The van der Waals surface area contributed by atoms with Crippen LogP contribution in [0, 0.1) is 0 Å². The second-order valence-corrected chi connectivity index (χ2v) is 5.65. The van der Waals surface area contributed by atoms with Crippen LogP contribution >= 0.6 is 0 Å². The number of hydrogen-bond acceptors (Lipinski definition) is 6. The number of carboxylic acids is 1. The Balaban J connectivity index is 1.72. The molecule has 0 aromatic carbocycles. The van der Waals surface area contributed by atoms with E-state index < -0.39 is 11.9 Å². The highest BCUT2D eigenvalue weighted by Gasteiger charge is 2.33. The molecule has 1 aliphatic carbocycles. The normalized spacial score (nSPS) is 20.3. The highest BCUT2D eigenvalue weighted by atomic mass is 16.5. The van der Waals surface area contributed by atoms with Crippen molar-refractivity contribution in [3.63, 3.8) is 0 Å². The molecule has 1 saturated carbocycles. The van der Waals surface area contributed by atoms with Crippen molar-refractivity contribution in [1.82, 2.24) is 10.2 Å². The summed E-state index contributed by atoms with van der Waals surface area (Å²) in [5.41, 5.74) is 0. The van der Waals surface area contributed by atoms with Crippen molar-refractivity contribution >= 4 is 11.9 Å². The van der Waals surface area contributed by atoms with E-state index in [9.17, 15) is 9.59 Å². The Hall–Kier alpha value is -1.86. The van der Waals surface area contributed by atoms with Crippen molar-refractivity contribution in [3.8, 4) is 0 Å². The number of carboxylic acid groups (broad SMARTS) is 1. The summed E-state index contributed by atoms with van der Waals surface area (Å²) in [7, 11) is 0. The molecule has 0 unspecified atom stereocenters. The first-order valence-electron chi connectivity index (χ1n) is 7.98. The predicted octanol–water partition coefficient (Wildman–Crippen LogP) is 1.48. The van der Waals surface area contributed by atoms with E-state index in [0.29, 0.717) is 31.0 Å². The van der Waals surface area contributed by atoms with Gasteiger partial charge in [-0.15, -0.1) is 0 Å². The standard InChI is InChI=1S/C16H24N2O5/c1-3-18(10-15(19)20)12-7-11(8-12)17-9-13-5-6-14(23-13)16(21)22-4-2/h5-6,11-12,17H,3-4,7-10H2,1-2H3,(H,19,20). The number of carbonyl (C=O) groups is 2. The van der Waals surface area contributed by atoms with Crippen LogP contribution < -0.4 is 5.32 Å². The molecule has 2 N–H and O–H groups in total. The van der Waals surface area contributed by atoms with Crippen LogP contribution in [0.1, 0.15) is 43.0 Å². The minimum Gasteiger partial charge on any atom is -0.480 e. The van der Waals surface area contributed by atoms with Gasteiger partial charge in [-0.2, -0.15) is 0 Å². The molecular formula is C16H24N2O5. The third-order valence-corrected chi connectivity index (χ3v) is 4.08. The maximum Gasteiger partial charge on any atom is 0.374 e. The fourth-order valence-corrected chi connectivity index (χ4v) is 2.76. The Labute approximate surface area is 135 Å². The van der Waals surface area contributed by atoms with E-state index >= 15 is 0 Å². The van der Waals surface area contributed by atoms with E-state index in [1.165, 1.54) is 0 Å². The van der Waals surface area contributed by atoms with Gasteiger partial charge in [0.2, 0.25) is 5.76 Å². The molecule has 0 saturated heterocycles. The van der Waals surface area contributed by atoms with E-state index in [1.54, 1.807) is 19.1 Å². The molecule has 0 bridgehead atoms. The van der Waals surface area contributed by atoms with Gasteiger partial charge in [0.05, 0.1) is 19.7 Å². The number of carbonyl (C=O) groups excluding carboxylic acids is 1. The molecule has 0 aliphatic heterocycles. The van der Waals surface area contributed by atoms with Crippen molar-refractivity contribution in [3.05, 3.63) is 23.7 Å². The van der Waals surface area contributed by atoms with E-state index in [2.05, 4.69) is 5.32 Å². The fraction of sp³-hybridized carbons (Fsp3) is 0.625. The van der Waals surface area contributed by atoms with Gasteiger partial charge in [-0.1, -0.05) is 6.92 Å². The van der Waals surface area contributed by atoms with Gasteiger partial charge >= 0.3 is 11.9 Å². The predicted molar refractivity (Wildman–Crippen MR) is 83.2 cm³/mol. The molecule has 7 heteroatoms. The van der Waals surface area contributed by atoms with Crippen molar-refractivity contribution in [2.75, 3.05) is 19.7 Å². The minimum absolute atomic E-state index is 0.0922. The van der Waals surface area contributed by atoms with Crippen LogP contribution in [0.4, 0.5) is 0 Å². The van der Waals surface area contributed by atoms with Gasteiger partial charge in [-0.25, -0.2) is 4.79 Å². The molecule has 0 radical (unpaired) electrons. The van der Waals surface area contributed by atoms with E-state index in [1.807, 2.05) is 11.8 Å². The molecule has 1 aromatic rings. The Kier molecular flexibility index (Phi) is 6.18. The van der Waals surface area contributed by atoms with Gasteiger partial charge in [0.15, 0.2) is 0 Å². The second-order valence-electron chi connectivity index (χ2n) is 5.65.